The molecule has 2 aromatic rings. The number of para-hydroxylation sites is 2. The standard InChI is InChI=1S/C18H21N3O3/c22-16(19-13-7-11(8-13)9-17(23)24)10-21-15-4-2-1-3-14(15)20-18(21)12-5-6-12/h1-4,11-13H,5-10H2,(H,19,22)(H,23,24). The third kappa shape index (κ3) is 3.00. The molecular weight excluding hydrogens is 306 g/mol. The Balaban J connectivity index is 1.42. The molecule has 24 heavy (non-hydrogen) atoms. The van der Waals surface area contributed by atoms with Crippen molar-refractivity contribution in [3.63, 3.8) is 0 Å². The molecule has 1 heterocycles. The van der Waals surface area contributed by atoms with Crippen LogP contribution in [0, 0.1) is 5.92 Å². The van der Waals surface area contributed by atoms with Gasteiger partial charge in [-0.3, -0.25) is 9.59 Å². The van der Waals surface area contributed by atoms with E-state index in [2.05, 4.69) is 5.32 Å². The Morgan fingerprint density at radius 1 is 1.25 bits per heavy atom. The molecule has 0 unspecified atom stereocenters. The molecule has 0 saturated heterocycles. The maximum atomic E-state index is 12.4. The van der Waals surface area contributed by atoms with Crippen LogP contribution < -0.4 is 5.32 Å². The summed E-state index contributed by atoms with van der Waals surface area (Å²) >= 11 is 0. The first-order valence-corrected chi connectivity index (χ1v) is 8.56. The largest absolute Gasteiger partial charge is 0.481 e. The van der Waals surface area contributed by atoms with Gasteiger partial charge >= 0.3 is 5.97 Å². The lowest BCUT2D eigenvalue weighted by Gasteiger charge is -2.35. The summed E-state index contributed by atoms with van der Waals surface area (Å²) in [6.45, 7) is 0.284. The Morgan fingerprint density at radius 3 is 2.71 bits per heavy atom. The van der Waals surface area contributed by atoms with Gasteiger partial charge in [0.15, 0.2) is 0 Å². The van der Waals surface area contributed by atoms with Crippen molar-refractivity contribution in [1.82, 2.24) is 14.9 Å². The number of amides is 1. The van der Waals surface area contributed by atoms with E-state index >= 15 is 0 Å². The summed E-state index contributed by atoms with van der Waals surface area (Å²) in [7, 11) is 0. The Morgan fingerprint density at radius 2 is 2.00 bits per heavy atom. The van der Waals surface area contributed by atoms with Gasteiger partial charge in [0.05, 0.1) is 11.0 Å². The number of carbonyl (C=O) groups is 2. The number of hydrogen-bond acceptors (Lipinski definition) is 3. The van der Waals surface area contributed by atoms with Crippen LogP contribution in [0.25, 0.3) is 11.0 Å². The van der Waals surface area contributed by atoms with Crippen molar-refractivity contribution in [3.8, 4) is 0 Å². The molecule has 2 fully saturated rings. The van der Waals surface area contributed by atoms with Gasteiger partial charge in [0.1, 0.15) is 12.4 Å². The average molecular weight is 327 g/mol. The van der Waals surface area contributed by atoms with Crippen molar-refractivity contribution in [2.24, 2.45) is 5.92 Å². The lowest BCUT2D eigenvalue weighted by molar-refractivity contribution is -0.139. The summed E-state index contributed by atoms with van der Waals surface area (Å²) in [4.78, 5) is 27.8. The molecule has 0 atom stereocenters. The van der Waals surface area contributed by atoms with Crippen LogP contribution in [0.15, 0.2) is 24.3 Å². The monoisotopic (exact) mass is 327 g/mol. The van der Waals surface area contributed by atoms with Gasteiger partial charge in [0, 0.05) is 18.4 Å². The fourth-order valence-corrected chi connectivity index (χ4v) is 3.60. The Kier molecular flexibility index (Phi) is 3.75. The highest BCUT2D eigenvalue weighted by Crippen LogP contribution is 2.40. The molecule has 1 aromatic heterocycles. The van der Waals surface area contributed by atoms with Crippen molar-refractivity contribution in [1.29, 1.82) is 0 Å². The summed E-state index contributed by atoms with van der Waals surface area (Å²) in [5, 5.41) is 11.8. The maximum Gasteiger partial charge on any atom is 0.303 e. The van der Waals surface area contributed by atoms with E-state index in [1.807, 2.05) is 28.8 Å². The van der Waals surface area contributed by atoms with Crippen LogP contribution in [0.1, 0.15) is 43.8 Å². The quantitative estimate of drug-likeness (QED) is 0.852. The summed E-state index contributed by atoms with van der Waals surface area (Å²) in [6.07, 6.45) is 4.01. The molecule has 0 spiro atoms. The summed E-state index contributed by atoms with van der Waals surface area (Å²) < 4.78 is 2.04. The molecular formula is C18H21N3O3. The lowest BCUT2D eigenvalue weighted by Crippen LogP contribution is -2.46. The molecule has 0 aliphatic heterocycles. The smallest absolute Gasteiger partial charge is 0.303 e. The Labute approximate surface area is 139 Å². The molecule has 2 N–H and O–H groups in total. The first-order chi connectivity index (χ1) is 11.6. The molecule has 6 nitrogen and oxygen atoms in total. The maximum absolute atomic E-state index is 12.4. The van der Waals surface area contributed by atoms with Gasteiger partial charge < -0.3 is 15.0 Å². The molecule has 0 radical (unpaired) electrons. The van der Waals surface area contributed by atoms with Crippen molar-refractivity contribution in [2.75, 3.05) is 0 Å². The number of imidazole rings is 1. The molecule has 1 amide bonds. The number of nitrogens with one attached hydrogen (secondary N) is 1. The number of benzene rings is 1. The lowest BCUT2D eigenvalue weighted by atomic mass is 9.78. The van der Waals surface area contributed by atoms with Crippen molar-refractivity contribution < 1.29 is 14.7 Å². The minimum atomic E-state index is -0.760. The fraction of sp³-hybridized carbons (Fsp3) is 0.500. The van der Waals surface area contributed by atoms with Gasteiger partial charge in [0.25, 0.3) is 0 Å². The van der Waals surface area contributed by atoms with E-state index in [0.717, 1.165) is 42.5 Å². The fourth-order valence-electron chi connectivity index (χ4n) is 3.60. The molecule has 4 rings (SSSR count). The number of carbonyl (C=O) groups excluding carboxylic acids is 1. The number of fused-ring (bicyclic) bond motifs is 1. The molecule has 2 aliphatic rings. The minimum Gasteiger partial charge on any atom is -0.481 e. The second kappa shape index (κ2) is 5.92. The second-order valence-corrected chi connectivity index (χ2v) is 7.02. The first kappa shape index (κ1) is 15.2. The first-order valence-electron chi connectivity index (χ1n) is 8.56. The zero-order valence-corrected chi connectivity index (χ0v) is 13.4. The topological polar surface area (TPSA) is 84.2 Å². The van der Waals surface area contributed by atoms with Gasteiger partial charge in [-0.05, 0) is 43.7 Å². The van der Waals surface area contributed by atoms with E-state index in [-0.39, 0.29) is 30.8 Å². The number of hydrogen-bond donors (Lipinski definition) is 2. The van der Waals surface area contributed by atoms with E-state index < -0.39 is 5.97 Å². The van der Waals surface area contributed by atoms with Crippen LogP contribution in [-0.4, -0.2) is 32.6 Å². The highest BCUT2D eigenvalue weighted by Gasteiger charge is 2.33. The molecule has 2 aliphatic carbocycles. The van der Waals surface area contributed by atoms with Crippen molar-refractivity contribution >= 4 is 22.9 Å². The Bertz CT molecular complexity index is 788. The third-order valence-electron chi connectivity index (χ3n) is 4.99. The van der Waals surface area contributed by atoms with Gasteiger partial charge in [-0.2, -0.15) is 0 Å². The summed E-state index contributed by atoms with van der Waals surface area (Å²) in [5.74, 6) is 0.920. The molecule has 6 heteroatoms. The number of carboxylic acid groups (broad SMARTS) is 1. The zero-order chi connectivity index (χ0) is 16.7. The number of rotatable bonds is 6. The van der Waals surface area contributed by atoms with Crippen LogP contribution in [-0.2, 0) is 16.1 Å². The van der Waals surface area contributed by atoms with Gasteiger partial charge in [-0.15, -0.1) is 0 Å². The van der Waals surface area contributed by atoms with Crippen LogP contribution in [0.5, 0.6) is 0 Å². The average Bonchev–Trinajstić information content (AvgIpc) is 3.28. The highest BCUT2D eigenvalue weighted by atomic mass is 16.4. The van der Waals surface area contributed by atoms with E-state index in [4.69, 9.17) is 10.1 Å². The zero-order valence-electron chi connectivity index (χ0n) is 13.4. The number of carboxylic acids is 1. The van der Waals surface area contributed by atoms with Crippen LogP contribution in [0.3, 0.4) is 0 Å². The SMILES string of the molecule is O=C(O)CC1CC(NC(=O)Cn2c(C3CC3)nc3ccccc32)C1. The minimum absolute atomic E-state index is 0.0150. The van der Waals surface area contributed by atoms with Gasteiger partial charge in [0.2, 0.25) is 5.91 Å². The number of aromatic nitrogens is 2. The predicted octanol–water partition coefficient (Wildman–Crippen LogP) is 2.28. The van der Waals surface area contributed by atoms with Crippen molar-refractivity contribution in [2.45, 2.75) is 50.6 Å². The summed E-state index contributed by atoms with van der Waals surface area (Å²) in [5.41, 5.74) is 1.95. The van der Waals surface area contributed by atoms with E-state index in [1.165, 1.54) is 0 Å². The molecule has 126 valence electrons. The number of nitrogens with zero attached hydrogens (tertiary/aromatic N) is 2. The molecule has 0 bridgehead atoms. The van der Waals surface area contributed by atoms with Crippen LogP contribution in [0.4, 0.5) is 0 Å². The molecule has 1 aromatic carbocycles. The predicted molar refractivity (Wildman–Crippen MR) is 88.6 cm³/mol. The second-order valence-electron chi connectivity index (χ2n) is 7.02. The highest BCUT2D eigenvalue weighted by molar-refractivity contribution is 5.81. The van der Waals surface area contributed by atoms with Crippen LogP contribution >= 0.6 is 0 Å². The van der Waals surface area contributed by atoms with E-state index in [0.29, 0.717) is 5.92 Å². The third-order valence-corrected chi connectivity index (χ3v) is 4.99. The van der Waals surface area contributed by atoms with Gasteiger partial charge in [-0.1, -0.05) is 12.1 Å². The van der Waals surface area contributed by atoms with E-state index in [1.54, 1.807) is 0 Å². The molecule has 2 saturated carbocycles. The van der Waals surface area contributed by atoms with E-state index in [9.17, 15) is 9.59 Å². The van der Waals surface area contributed by atoms with Crippen molar-refractivity contribution in [3.05, 3.63) is 30.1 Å². The van der Waals surface area contributed by atoms with Crippen LogP contribution in [0.2, 0.25) is 0 Å². The number of aliphatic carboxylic acids is 1. The summed E-state index contributed by atoms with van der Waals surface area (Å²) in [6, 6.07) is 8.04. The normalized spacial score (nSPS) is 23.0. The Hall–Kier alpha value is -2.37. The van der Waals surface area contributed by atoms with Gasteiger partial charge in [-0.25, -0.2) is 4.98 Å².